The number of halogens is 3. The van der Waals surface area contributed by atoms with E-state index in [-0.39, 0.29) is 12.1 Å². The second kappa shape index (κ2) is 9.72. The van der Waals surface area contributed by atoms with E-state index in [1.807, 2.05) is 51.1 Å². The normalized spacial score (nSPS) is 13.9. The number of rotatable bonds is 6. The molecule has 2 heterocycles. The maximum absolute atomic E-state index is 14.6. The first-order chi connectivity index (χ1) is 15.6. The van der Waals surface area contributed by atoms with Crippen molar-refractivity contribution >= 4 is 49.9 Å². The van der Waals surface area contributed by atoms with Gasteiger partial charge in [0.05, 0.1) is 11.7 Å². The van der Waals surface area contributed by atoms with E-state index in [1.165, 1.54) is 6.07 Å². The van der Waals surface area contributed by atoms with Crippen LogP contribution in [0.5, 0.6) is 0 Å². The summed E-state index contributed by atoms with van der Waals surface area (Å²) in [5.74, 6) is -0.425. The highest BCUT2D eigenvalue weighted by molar-refractivity contribution is 9.10. The molecule has 0 bridgehead atoms. The number of nitrogens with one attached hydrogen (secondary N) is 1. The molecular formula is C24H22BrClFN3O2S. The van der Waals surface area contributed by atoms with Gasteiger partial charge in [0.15, 0.2) is 5.58 Å². The molecule has 0 aliphatic carbocycles. The molecular weight excluding hydrogens is 529 g/mol. The van der Waals surface area contributed by atoms with Gasteiger partial charge < -0.3 is 9.08 Å². The van der Waals surface area contributed by atoms with Crippen LogP contribution in [0.1, 0.15) is 38.1 Å². The molecule has 0 aliphatic rings. The van der Waals surface area contributed by atoms with Crippen LogP contribution in [-0.4, -0.2) is 19.4 Å². The minimum Gasteiger partial charge on any atom is -0.598 e. The standard InChI is InChI=1S/C24H22BrClFN3O2S/c1-24(2,3)33(31)30-19(13-20-18(27)10-11-22(25)28-20)15-6-4-5-7-16(15)23-17-9-8-14(26)12-21(17)32-29-23/h4-12,19,30H,13H2,1-3H3/t19-,33?/m0/s1. The molecule has 0 fully saturated rings. The van der Waals surface area contributed by atoms with Crippen LogP contribution in [0.3, 0.4) is 0 Å². The largest absolute Gasteiger partial charge is 0.598 e. The van der Waals surface area contributed by atoms with Gasteiger partial charge in [0, 0.05) is 39.8 Å². The van der Waals surface area contributed by atoms with Gasteiger partial charge in [-0.1, -0.05) is 41.0 Å². The molecule has 1 N–H and O–H groups in total. The van der Waals surface area contributed by atoms with Crippen molar-refractivity contribution in [1.82, 2.24) is 14.9 Å². The fourth-order valence-electron chi connectivity index (χ4n) is 3.44. The van der Waals surface area contributed by atoms with Crippen molar-refractivity contribution in [1.29, 1.82) is 0 Å². The Morgan fingerprint density at radius 1 is 1.18 bits per heavy atom. The Hall–Kier alpha value is -1.97. The number of hydrogen-bond donors (Lipinski definition) is 1. The predicted molar refractivity (Wildman–Crippen MR) is 134 cm³/mol. The second-order valence-corrected chi connectivity index (χ2v) is 11.8. The molecule has 5 nitrogen and oxygen atoms in total. The fourth-order valence-corrected chi connectivity index (χ4v) is 4.77. The Morgan fingerprint density at radius 2 is 1.94 bits per heavy atom. The number of hydrogen-bond acceptors (Lipinski definition) is 5. The number of nitrogens with zero attached hydrogens (tertiary/aromatic N) is 2. The van der Waals surface area contributed by atoms with Gasteiger partial charge in [-0.3, -0.25) is 0 Å². The fraction of sp³-hybridized carbons (Fsp3) is 0.250. The van der Waals surface area contributed by atoms with E-state index in [0.29, 0.717) is 20.9 Å². The topological polar surface area (TPSA) is 74.0 Å². The first-order valence-corrected chi connectivity index (χ1v) is 12.6. The lowest BCUT2D eigenvalue weighted by Gasteiger charge is -2.29. The van der Waals surface area contributed by atoms with Crippen molar-refractivity contribution in [2.24, 2.45) is 0 Å². The van der Waals surface area contributed by atoms with Gasteiger partial charge in [-0.25, -0.2) is 9.37 Å². The molecule has 0 saturated carbocycles. The zero-order chi connectivity index (χ0) is 23.8. The van der Waals surface area contributed by atoms with E-state index < -0.39 is 28.0 Å². The Labute approximate surface area is 208 Å². The number of aromatic nitrogens is 2. The van der Waals surface area contributed by atoms with E-state index in [4.69, 9.17) is 16.1 Å². The van der Waals surface area contributed by atoms with Crippen molar-refractivity contribution in [2.75, 3.05) is 0 Å². The van der Waals surface area contributed by atoms with Gasteiger partial charge in [-0.05, 0) is 66.5 Å². The average Bonchev–Trinajstić information content (AvgIpc) is 3.18. The van der Waals surface area contributed by atoms with Crippen LogP contribution in [0.2, 0.25) is 5.02 Å². The molecule has 4 aromatic rings. The van der Waals surface area contributed by atoms with Crippen LogP contribution in [0.4, 0.5) is 4.39 Å². The zero-order valence-corrected chi connectivity index (χ0v) is 21.4. The van der Waals surface area contributed by atoms with Gasteiger partial charge in [0.1, 0.15) is 20.9 Å². The van der Waals surface area contributed by atoms with Crippen LogP contribution in [0.15, 0.2) is 63.7 Å². The van der Waals surface area contributed by atoms with Crippen LogP contribution in [0.25, 0.3) is 22.2 Å². The lowest BCUT2D eigenvalue weighted by Crippen LogP contribution is -2.42. The smallest absolute Gasteiger partial charge is 0.169 e. The van der Waals surface area contributed by atoms with Gasteiger partial charge in [0.2, 0.25) is 0 Å². The summed E-state index contributed by atoms with van der Waals surface area (Å²) in [4.78, 5) is 4.31. The van der Waals surface area contributed by atoms with Crippen LogP contribution in [-0.2, 0) is 17.8 Å². The van der Waals surface area contributed by atoms with Crippen LogP contribution >= 0.6 is 27.5 Å². The third-order valence-electron chi connectivity index (χ3n) is 5.11. The summed E-state index contributed by atoms with van der Waals surface area (Å²) in [5.41, 5.74) is 3.06. The highest BCUT2D eigenvalue weighted by Crippen LogP contribution is 2.36. The van der Waals surface area contributed by atoms with Crippen molar-refractivity contribution in [3.8, 4) is 11.3 Å². The van der Waals surface area contributed by atoms with Crippen molar-refractivity contribution < 1.29 is 13.5 Å². The van der Waals surface area contributed by atoms with E-state index in [2.05, 4.69) is 30.8 Å². The molecule has 2 aromatic heterocycles. The highest BCUT2D eigenvalue weighted by Gasteiger charge is 2.32. The minimum absolute atomic E-state index is 0.186. The Kier molecular flexibility index (Phi) is 7.12. The number of pyridine rings is 1. The molecule has 0 amide bonds. The Bertz CT molecular complexity index is 1290. The van der Waals surface area contributed by atoms with Gasteiger partial charge >= 0.3 is 0 Å². The van der Waals surface area contributed by atoms with Crippen molar-refractivity contribution in [3.05, 3.63) is 81.3 Å². The SMILES string of the molecule is CC(C)(C)[S+]([O-])N[C@@H](Cc1nc(Br)ccc1F)c1ccccc1-c1noc2cc(Cl)ccc12. The van der Waals surface area contributed by atoms with E-state index >= 15 is 0 Å². The molecule has 0 saturated heterocycles. The molecule has 33 heavy (non-hydrogen) atoms. The molecule has 1 unspecified atom stereocenters. The first-order valence-electron chi connectivity index (χ1n) is 10.3. The maximum Gasteiger partial charge on any atom is 0.169 e. The molecule has 0 radical (unpaired) electrons. The van der Waals surface area contributed by atoms with Gasteiger partial charge in [0.25, 0.3) is 0 Å². The Morgan fingerprint density at radius 3 is 2.70 bits per heavy atom. The summed E-state index contributed by atoms with van der Waals surface area (Å²) in [6.45, 7) is 5.64. The zero-order valence-electron chi connectivity index (χ0n) is 18.2. The van der Waals surface area contributed by atoms with E-state index in [0.717, 1.165) is 16.5 Å². The lowest BCUT2D eigenvalue weighted by atomic mass is 9.94. The van der Waals surface area contributed by atoms with Gasteiger partial charge in [-0.2, -0.15) is 0 Å². The molecule has 2 atom stereocenters. The van der Waals surface area contributed by atoms with Crippen LogP contribution in [0, 0.1) is 5.82 Å². The molecule has 4 rings (SSSR count). The third-order valence-corrected chi connectivity index (χ3v) is 7.40. The van der Waals surface area contributed by atoms with E-state index in [9.17, 15) is 8.94 Å². The highest BCUT2D eigenvalue weighted by atomic mass is 79.9. The van der Waals surface area contributed by atoms with Gasteiger partial charge in [-0.15, -0.1) is 4.72 Å². The first kappa shape index (κ1) is 24.2. The van der Waals surface area contributed by atoms with Crippen molar-refractivity contribution in [3.63, 3.8) is 0 Å². The lowest BCUT2D eigenvalue weighted by molar-refractivity contribution is 0.459. The molecule has 9 heteroatoms. The second-order valence-electron chi connectivity index (χ2n) is 8.58. The summed E-state index contributed by atoms with van der Waals surface area (Å²) < 4.78 is 36.4. The van der Waals surface area contributed by atoms with E-state index in [1.54, 1.807) is 18.2 Å². The molecule has 172 valence electrons. The van der Waals surface area contributed by atoms with Crippen molar-refractivity contribution in [2.45, 2.75) is 38.0 Å². The summed E-state index contributed by atoms with van der Waals surface area (Å²) in [7, 11) is 0. The number of benzene rings is 2. The number of fused-ring (bicyclic) bond motifs is 1. The van der Waals surface area contributed by atoms with Crippen LogP contribution < -0.4 is 4.72 Å². The quantitative estimate of drug-likeness (QED) is 0.212. The molecule has 0 spiro atoms. The summed E-state index contributed by atoms with van der Waals surface area (Å²) in [6.07, 6.45) is 0.186. The Balaban J connectivity index is 1.82. The summed E-state index contributed by atoms with van der Waals surface area (Å²) >= 11 is 8.00. The predicted octanol–water partition coefficient (Wildman–Crippen LogP) is 6.78. The minimum atomic E-state index is -1.41. The summed E-state index contributed by atoms with van der Waals surface area (Å²) in [6, 6.07) is 15.4. The summed E-state index contributed by atoms with van der Waals surface area (Å²) in [5, 5.41) is 5.63. The average molecular weight is 551 g/mol. The molecule has 2 aromatic carbocycles. The third kappa shape index (κ3) is 5.41. The maximum atomic E-state index is 14.6. The molecule has 0 aliphatic heterocycles. The monoisotopic (exact) mass is 549 g/mol.